The maximum atomic E-state index is 11.7. The van der Waals surface area contributed by atoms with Crippen LogP contribution in [0.2, 0.25) is 0 Å². The molecule has 0 radical (unpaired) electrons. The summed E-state index contributed by atoms with van der Waals surface area (Å²) in [5, 5.41) is 9.24. The fourth-order valence-corrected chi connectivity index (χ4v) is 2.60. The lowest BCUT2D eigenvalue weighted by Crippen LogP contribution is -2.30. The fraction of sp³-hybridized carbons (Fsp3) is 0.467. The molecule has 2 rings (SSSR count). The van der Waals surface area contributed by atoms with Crippen LogP contribution in [0.1, 0.15) is 31.4 Å². The van der Waals surface area contributed by atoms with Gasteiger partial charge in [0, 0.05) is 19.2 Å². The van der Waals surface area contributed by atoms with Crippen LogP contribution in [0.5, 0.6) is 0 Å². The molecule has 1 aromatic carbocycles. The third-order valence-corrected chi connectivity index (χ3v) is 3.74. The molecule has 1 aliphatic heterocycles. The van der Waals surface area contributed by atoms with Gasteiger partial charge in [-0.3, -0.25) is 9.59 Å². The van der Waals surface area contributed by atoms with Gasteiger partial charge < -0.3 is 10.0 Å². The summed E-state index contributed by atoms with van der Waals surface area (Å²) in [4.78, 5) is 24.7. The third-order valence-electron chi connectivity index (χ3n) is 3.74. The Labute approximate surface area is 113 Å². The Morgan fingerprint density at radius 3 is 2.74 bits per heavy atom. The van der Waals surface area contributed by atoms with Gasteiger partial charge in [-0.2, -0.15) is 0 Å². The van der Waals surface area contributed by atoms with Crippen molar-refractivity contribution in [3.63, 3.8) is 0 Å². The van der Waals surface area contributed by atoms with Crippen LogP contribution in [0, 0.1) is 5.92 Å². The highest BCUT2D eigenvalue weighted by atomic mass is 16.4. The summed E-state index contributed by atoms with van der Waals surface area (Å²) >= 11 is 0. The van der Waals surface area contributed by atoms with Crippen molar-refractivity contribution in [2.24, 2.45) is 5.92 Å². The number of anilines is 1. The molecule has 1 aromatic rings. The highest BCUT2D eigenvalue weighted by Crippen LogP contribution is 2.30. The van der Waals surface area contributed by atoms with Gasteiger partial charge in [0.05, 0.1) is 5.92 Å². The predicted octanol–water partition coefficient (Wildman–Crippen LogP) is 2.25. The van der Waals surface area contributed by atoms with Crippen LogP contribution in [-0.4, -0.2) is 23.5 Å². The summed E-state index contributed by atoms with van der Waals surface area (Å²) in [7, 11) is 0. The summed E-state index contributed by atoms with van der Waals surface area (Å²) in [6, 6.07) is 5.99. The number of nitrogens with zero attached hydrogens (tertiary/aromatic N) is 1. The normalized spacial score (nSPS) is 18.6. The van der Waals surface area contributed by atoms with E-state index in [1.54, 1.807) is 4.90 Å². The van der Waals surface area contributed by atoms with Gasteiger partial charge in [-0.15, -0.1) is 0 Å². The summed E-state index contributed by atoms with van der Waals surface area (Å²) in [6.07, 6.45) is 1.92. The van der Waals surface area contributed by atoms with Gasteiger partial charge in [0.1, 0.15) is 0 Å². The van der Waals surface area contributed by atoms with Gasteiger partial charge in [-0.25, -0.2) is 0 Å². The number of amides is 1. The number of carbonyl (C=O) groups excluding carboxylic acids is 1. The van der Waals surface area contributed by atoms with Crippen molar-refractivity contribution in [2.45, 2.75) is 33.1 Å². The lowest BCUT2D eigenvalue weighted by atomic mass is 9.95. The van der Waals surface area contributed by atoms with Crippen molar-refractivity contribution in [1.29, 1.82) is 0 Å². The second-order valence-corrected chi connectivity index (χ2v) is 5.02. The number of carboxylic acids is 1. The molecule has 1 heterocycles. The number of hydrogen-bond acceptors (Lipinski definition) is 2. The summed E-state index contributed by atoms with van der Waals surface area (Å²) < 4.78 is 0. The van der Waals surface area contributed by atoms with Crippen LogP contribution in [0.15, 0.2) is 18.2 Å². The summed E-state index contributed by atoms with van der Waals surface area (Å²) in [5.41, 5.74) is 3.01. The number of fused-ring (bicyclic) bond motifs is 1. The fourth-order valence-electron chi connectivity index (χ4n) is 2.60. The van der Waals surface area contributed by atoms with Crippen molar-refractivity contribution >= 4 is 17.6 Å². The lowest BCUT2D eigenvalue weighted by molar-refractivity contribution is -0.141. The Morgan fingerprint density at radius 2 is 2.16 bits per heavy atom. The minimum Gasteiger partial charge on any atom is -0.481 e. The zero-order valence-corrected chi connectivity index (χ0v) is 11.3. The van der Waals surface area contributed by atoms with Gasteiger partial charge in [0.15, 0.2) is 0 Å². The Bertz CT molecular complexity index is 510. The Morgan fingerprint density at radius 1 is 1.42 bits per heavy atom. The van der Waals surface area contributed by atoms with Crippen LogP contribution in [-0.2, 0) is 22.4 Å². The SMILES string of the molecule is CCc1ccc2c(c1)CC(C(=O)O)CCN2C(C)=O. The zero-order chi connectivity index (χ0) is 14.0. The van der Waals surface area contributed by atoms with Crippen LogP contribution >= 0.6 is 0 Å². The van der Waals surface area contributed by atoms with E-state index in [0.717, 1.165) is 17.7 Å². The molecule has 0 saturated carbocycles. The maximum absolute atomic E-state index is 11.7. The smallest absolute Gasteiger partial charge is 0.306 e. The van der Waals surface area contributed by atoms with Crippen molar-refractivity contribution in [3.05, 3.63) is 29.3 Å². The quantitative estimate of drug-likeness (QED) is 0.888. The summed E-state index contributed by atoms with van der Waals surface area (Å²) in [5.74, 6) is -1.22. The molecule has 1 amide bonds. The first-order chi connectivity index (χ1) is 9.02. The molecule has 0 aliphatic carbocycles. The first-order valence-electron chi connectivity index (χ1n) is 6.65. The maximum Gasteiger partial charge on any atom is 0.306 e. The molecule has 102 valence electrons. The number of carbonyl (C=O) groups is 2. The largest absolute Gasteiger partial charge is 0.481 e. The van der Waals surface area contributed by atoms with Gasteiger partial charge in [-0.05, 0) is 36.5 Å². The average molecular weight is 261 g/mol. The van der Waals surface area contributed by atoms with E-state index in [4.69, 9.17) is 0 Å². The molecule has 1 unspecified atom stereocenters. The number of benzene rings is 1. The molecule has 19 heavy (non-hydrogen) atoms. The molecular formula is C15H19NO3. The van der Waals surface area contributed by atoms with E-state index in [0.29, 0.717) is 19.4 Å². The van der Waals surface area contributed by atoms with Crippen LogP contribution in [0.25, 0.3) is 0 Å². The van der Waals surface area contributed by atoms with Gasteiger partial charge in [0.25, 0.3) is 0 Å². The topological polar surface area (TPSA) is 57.6 Å². The number of aryl methyl sites for hydroxylation is 1. The molecule has 1 atom stereocenters. The zero-order valence-electron chi connectivity index (χ0n) is 11.3. The first-order valence-corrected chi connectivity index (χ1v) is 6.65. The number of carboxylic acid groups (broad SMARTS) is 1. The molecule has 0 bridgehead atoms. The molecule has 4 heteroatoms. The van der Waals surface area contributed by atoms with E-state index >= 15 is 0 Å². The van der Waals surface area contributed by atoms with Crippen molar-refractivity contribution in [2.75, 3.05) is 11.4 Å². The van der Waals surface area contributed by atoms with Crippen LogP contribution in [0.4, 0.5) is 5.69 Å². The highest BCUT2D eigenvalue weighted by molar-refractivity contribution is 5.93. The molecule has 1 aliphatic rings. The molecule has 0 aromatic heterocycles. The standard InChI is InChI=1S/C15H19NO3/c1-3-11-4-5-14-13(8-11)9-12(15(18)19)6-7-16(14)10(2)17/h4-5,8,12H,3,6-7,9H2,1-2H3,(H,18,19). The lowest BCUT2D eigenvalue weighted by Gasteiger charge is -2.21. The average Bonchev–Trinajstić information content (AvgIpc) is 2.56. The molecular weight excluding hydrogens is 242 g/mol. The molecule has 0 saturated heterocycles. The van der Waals surface area contributed by atoms with E-state index in [-0.39, 0.29) is 5.91 Å². The Balaban J connectivity index is 2.45. The van der Waals surface area contributed by atoms with Gasteiger partial charge in [-0.1, -0.05) is 19.1 Å². The molecule has 4 nitrogen and oxygen atoms in total. The first kappa shape index (κ1) is 13.6. The van der Waals surface area contributed by atoms with E-state index in [2.05, 4.69) is 6.92 Å². The number of hydrogen-bond donors (Lipinski definition) is 1. The Kier molecular flexibility index (Phi) is 3.88. The minimum atomic E-state index is -0.779. The van der Waals surface area contributed by atoms with E-state index in [9.17, 15) is 14.7 Å². The summed E-state index contributed by atoms with van der Waals surface area (Å²) in [6.45, 7) is 4.07. The van der Waals surface area contributed by atoms with Crippen LogP contribution in [0.3, 0.4) is 0 Å². The number of rotatable bonds is 2. The van der Waals surface area contributed by atoms with E-state index in [1.165, 1.54) is 12.5 Å². The third kappa shape index (κ3) is 2.78. The second-order valence-electron chi connectivity index (χ2n) is 5.02. The number of aliphatic carboxylic acids is 1. The van der Waals surface area contributed by atoms with Crippen molar-refractivity contribution < 1.29 is 14.7 Å². The second kappa shape index (κ2) is 5.43. The van der Waals surface area contributed by atoms with Crippen molar-refractivity contribution in [1.82, 2.24) is 0 Å². The van der Waals surface area contributed by atoms with Crippen LogP contribution < -0.4 is 4.90 Å². The Hall–Kier alpha value is -1.84. The monoisotopic (exact) mass is 261 g/mol. The minimum absolute atomic E-state index is 0.0310. The van der Waals surface area contributed by atoms with Gasteiger partial charge >= 0.3 is 5.97 Å². The van der Waals surface area contributed by atoms with E-state index in [1.807, 2.05) is 18.2 Å². The van der Waals surface area contributed by atoms with Crippen molar-refractivity contribution in [3.8, 4) is 0 Å². The predicted molar refractivity (Wildman–Crippen MR) is 73.3 cm³/mol. The van der Waals surface area contributed by atoms with Gasteiger partial charge in [0.2, 0.25) is 5.91 Å². The highest BCUT2D eigenvalue weighted by Gasteiger charge is 2.27. The molecule has 1 N–H and O–H groups in total. The molecule has 0 spiro atoms. The van der Waals surface area contributed by atoms with E-state index < -0.39 is 11.9 Å². The molecule has 0 fully saturated rings.